The number of fused-ring (bicyclic) bond motifs is 3. The maximum Gasteiger partial charge on any atom is 0.160 e. The number of pyridine rings is 2. The summed E-state index contributed by atoms with van der Waals surface area (Å²) < 4.78 is 17.5. The lowest BCUT2D eigenvalue weighted by Gasteiger charge is -2.12. The first kappa shape index (κ1) is 33.1. The molecule has 10 nitrogen and oxygen atoms in total. The van der Waals surface area contributed by atoms with Gasteiger partial charge in [-0.3, -0.25) is 0 Å². The summed E-state index contributed by atoms with van der Waals surface area (Å²) in [6, 6.07) is 39.2. The smallest absolute Gasteiger partial charge is 0.160 e. The van der Waals surface area contributed by atoms with Crippen LogP contribution in [-0.4, -0.2) is 52.8 Å². The molecule has 0 aliphatic carbocycles. The SMILES string of the molecule is COc1cc(Cn2c(-c3cccc(-c4nc5cc(Cc6ccc7c(c6)nc(-c6cccc(C)n6)n7C)ccc5n4C)n3)nc3ccccc32)cc(OC)c1. The van der Waals surface area contributed by atoms with E-state index in [1.54, 1.807) is 14.2 Å². The molecule has 54 heavy (non-hydrogen) atoms. The maximum atomic E-state index is 5.56. The molecule has 0 fully saturated rings. The molecule has 5 aromatic heterocycles. The zero-order valence-corrected chi connectivity index (χ0v) is 30.8. The Hall–Kier alpha value is -6.81. The predicted octanol–water partition coefficient (Wildman–Crippen LogP) is 8.57. The van der Waals surface area contributed by atoms with Crippen molar-refractivity contribution in [2.45, 2.75) is 19.9 Å². The van der Waals surface area contributed by atoms with Crippen molar-refractivity contribution in [3.63, 3.8) is 0 Å². The molecule has 9 rings (SSSR count). The van der Waals surface area contributed by atoms with Crippen LogP contribution in [0.15, 0.2) is 115 Å². The lowest BCUT2D eigenvalue weighted by atomic mass is 10.0. The van der Waals surface area contributed by atoms with E-state index in [9.17, 15) is 0 Å². The van der Waals surface area contributed by atoms with Gasteiger partial charge in [0.1, 0.15) is 28.6 Å². The minimum atomic E-state index is 0.558. The average Bonchev–Trinajstić information content (AvgIpc) is 3.84. The summed E-state index contributed by atoms with van der Waals surface area (Å²) in [5.41, 5.74) is 12.7. The fraction of sp³-hybridized carbons (Fsp3) is 0.159. The van der Waals surface area contributed by atoms with Crippen molar-refractivity contribution in [2.75, 3.05) is 14.2 Å². The zero-order chi connectivity index (χ0) is 36.9. The van der Waals surface area contributed by atoms with Gasteiger partial charge in [0.2, 0.25) is 0 Å². The van der Waals surface area contributed by atoms with Crippen molar-refractivity contribution in [1.82, 2.24) is 38.6 Å². The lowest BCUT2D eigenvalue weighted by molar-refractivity contribution is 0.393. The van der Waals surface area contributed by atoms with E-state index in [2.05, 4.69) is 56.2 Å². The van der Waals surface area contributed by atoms with Crippen LogP contribution >= 0.6 is 0 Å². The maximum absolute atomic E-state index is 5.56. The van der Waals surface area contributed by atoms with Gasteiger partial charge in [0.25, 0.3) is 0 Å². The Bertz CT molecular complexity index is 2840. The van der Waals surface area contributed by atoms with Crippen molar-refractivity contribution < 1.29 is 9.47 Å². The van der Waals surface area contributed by atoms with Gasteiger partial charge in [-0.1, -0.05) is 36.4 Å². The lowest BCUT2D eigenvalue weighted by Crippen LogP contribution is -2.04. The third kappa shape index (κ3) is 5.91. The number of nitrogens with zero attached hydrogens (tertiary/aromatic N) is 8. The summed E-state index contributed by atoms with van der Waals surface area (Å²) in [6.45, 7) is 2.56. The van der Waals surface area contributed by atoms with Gasteiger partial charge in [0.05, 0.1) is 47.3 Å². The van der Waals surface area contributed by atoms with Crippen LogP contribution in [0.4, 0.5) is 0 Å². The highest BCUT2D eigenvalue weighted by Crippen LogP contribution is 2.31. The molecular formula is C44H38N8O2. The molecule has 0 radical (unpaired) electrons. The van der Waals surface area contributed by atoms with Gasteiger partial charge in [-0.2, -0.15) is 0 Å². The number of rotatable bonds is 9. The fourth-order valence-electron chi connectivity index (χ4n) is 7.33. The van der Waals surface area contributed by atoms with Gasteiger partial charge >= 0.3 is 0 Å². The average molecular weight is 711 g/mol. The number of methoxy groups -OCH3 is 2. The Morgan fingerprint density at radius 3 is 1.65 bits per heavy atom. The van der Waals surface area contributed by atoms with E-state index in [0.29, 0.717) is 6.54 Å². The molecule has 5 heterocycles. The second-order valence-electron chi connectivity index (χ2n) is 13.6. The first-order valence-electron chi connectivity index (χ1n) is 17.8. The summed E-state index contributed by atoms with van der Waals surface area (Å²) >= 11 is 0. The van der Waals surface area contributed by atoms with E-state index in [4.69, 9.17) is 34.4 Å². The van der Waals surface area contributed by atoms with E-state index in [1.165, 1.54) is 11.1 Å². The number of para-hydroxylation sites is 2. The molecule has 4 aromatic carbocycles. The molecule has 0 N–H and O–H groups in total. The topological polar surface area (TPSA) is 97.7 Å². The predicted molar refractivity (Wildman–Crippen MR) is 213 cm³/mol. The largest absolute Gasteiger partial charge is 0.497 e. The number of aryl methyl sites for hydroxylation is 3. The summed E-state index contributed by atoms with van der Waals surface area (Å²) in [5, 5.41) is 0. The van der Waals surface area contributed by atoms with E-state index < -0.39 is 0 Å². The third-order valence-corrected chi connectivity index (χ3v) is 10.0. The summed E-state index contributed by atoms with van der Waals surface area (Å²) in [4.78, 5) is 25.0. The molecule has 0 saturated carbocycles. The summed E-state index contributed by atoms with van der Waals surface area (Å²) in [5.74, 6) is 3.89. The molecule has 0 aliphatic rings. The van der Waals surface area contributed by atoms with Crippen molar-refractivity contribution >= 4 is 33.1 Å². The highest BCUT2D eigenvalue weighted by atomic mass is 16.5. The van der Waals surface area contributed by atoms with Crippen LogP contribution in [-0.2, 0) is 27.1 Å². The first-order chi connectivity index (χ1) is 26.3. The molecular weight excluding hydrogens is 673 g/mol. The molecule has 266 valence electrons. The number of ether oxygens (including phenoxy) is 2. The number of aromatic nitrogens is 8. The Morgan fingerprint density at radius 1 is 0.481 bits per heavy atom. The van der Waals surface area contributed by atoms with Crippen molar-refractivity contribution in [2.24, 2.45) is 14.1 Å². The van der Waals surface area contributed by atoms with Crippen molar-refractivity contribution in [1.29, 1.82) is 0 Å². The second kappa shape index (κ2) is 13.3. The zero-order valence-electron chi connectivity index (χ0n) is 30.8. The molecule has 9 aromatic rings. The molecule has 0 atom stereocenters. The Kier molecular flexibility index (Phi) is 8.15. The number of imidazole rings is 3. The number of benzene rings is 4. The highest BCUT2D eigenvalue weighted by Gasteiger charge is 2.18. The van der Waals surface area contributed by atoms with Crippen LogP contribution in [0.5, 0.6) is 11.5 Å². The third-order valence-electron chi connectivity index (χ3n) is 10.0. The van der Waals surface area contributed by atoms with Gasteiger partial charge < -0.3 is 23.2 Å². The Balaban J connectivity index is 1.03. The Labute approximate surface area is 312 Å². The van der Waals surface area contributed by atoms with Gasteiger partial charge in [0, 0.05) is 32.4 Å². The van der Waals surface area contributed by atoms with E-state index in [-0.39, 0.29) is 0 Å². The Morgan fingerprint density at radius 2 is 1.04 bits per heavy atom. The summed E-state index contributed by atoms with van der Waals surface area (Å²) in [7, 11) is 7.41. The number of hydrogen-bond acceptors (Lipinski definition) is 7. The van der Waals surface area contributed by atoms with Crippen LogP contribution in [0.2, 0.25) is 0 Å². The van der Waals surface area contributed by atoms with Crippen molar-refractivity contribution in [3.05, 3.63) is 138 Å². The van der Waals surface area contributed by atoms with E-state index in [0.717, 1.165) is 96.8 Å². The van der Waals surface area contributed by atoms with Crippen LogP contribution < -0.4 is 9.47 Å². The monoisotopic (exact) mass is 710 g/mol. The van der Waals surface area contributed by atoms with Gasteiger partial charge in [0.15, 0.2) is 17.5 Å². The van der Waals surface area contributed by atoms with Crippen LogP contribution in [0.1, 0.15) is 22.4 Å². The standard InChI is InChI=1S/C44H38N8O2/c1-27-10-8-12-34(45-27)42-48-37-23-28(16-18-39(37)50(42)2)20-29-17-19-40-38(24-29)49-43(51(40)3)35-13-9-14-36(46-35)44-47-33-11-6-7-15-41(33)52(44)26-30-21-31(53-4)25-32(22-30)54-5/h6-19,21-25H,20,26H2,1-5H3. The molecule has 10 heteroatoms. The molecule has 0 aliphatic heterocycles. The van der Waals surface area contributed by atoms with Gasteiger partial charge in [-0.15, -0.1) is 0 Å². The van der Waals surface area contributed by atoms with Gasteiger partial charge in [-0.25, -0.2) is 24.9 Å². The minimum Gasteiger partial charge on any atom is -0.497 e. The number of hydrogen-bond donors (Lipinski definition) is 0. The normalized spacial score (nSPS) is 11.6. The molecule has 0 spiro atoms. The van der Waals surface area contributed by atoms with E-state index in [1.807, 2.05) is 93.8 Å². The molecule has 0 bridgehead atoms. The highest BCUT2D eigenvalue weighted by molar-refractivity contribution is 5.83. The molecule has 0 unspecified atom stereocenters. The minimum absolute atomic E-state index is 0.558. The quantitative estimate of drug-likeness (QED) is 0.148. The van der Waals surface area contributed by atoms with Crippen LogP contribution in [0, 0.1) is 6.92 Å². The first-order valence-corrected chi connectivity index (χ1v) is 17.8. The van der Waals surface area contributed by atoms with Crippen LogP contribution in [0.3, 0.4) is 0 Å². The molecule has 0 amide bonds. The van der Waals surface area contributed by atoms with Crippen LogP contribution in [0.25, 0.3) is 67.7 Å². The van der Waals surface area contributed by atoms with Crippen molar-refractivity contribution in [3.8, 4) is 46.1 Å². The van der Waals surface area contributed by atoms with Gasteiger partial charge in [-0.05, 0) is 103 Å². The second-order valence-corrected chi connectivity index (χ2v) is 13.6. The summed E-state index contributed by atoms with van der Waals surface area (Å²) in [6.07, 6.45) is 0.759. The molecule has 0 saturated heterocycles. The van der Waals surface area contributed by atoms with E-state index >= 15 is 0 Å². The fourth-order valence-corrected chi connectivity index (χ4v) is 7.33.